The van der Waals surface area contributed by atoms with Gasteiger partial charge in [0.25, 0.3) is 0 Å². The average molecular weight is 263 g/mol. The number of methoxy groups -OCH3 is 1. The molecule has 1 aromatic heterocycles. The lowest BCUT2D eigenvalue weighted by Gasteiger charge is -2.07. The molecule has 3 nitrogen and oxygen atoms in total. The van der Waals surface area contributed by atoms with Crippen molar-refractivity contribution < 1.29 is 4.74 Å². The topological polar surface area (TPSA) is 34.1 Å². The van der Waals surface area contributed by atoms with Crippen molar-refractivity contribution in [3.05, 3.63) is 52.7 Å². The highest BCUT2D eigenvalue weighted by Gasteiger charge is 1.99. The molecule has 0 unspecified atom stereocenters. The molecule has 1 N–H and O–H groups in total. The van der Waals surface area contributed by atoms with Gasteiger partial charge in [-0.1, -0.05) is 23.7 Å². The molecule has 0 amide bonds. The van der Waals surface area contributed by atoms with Gasteiger partial charge in [0.15, 0.2) is 0 Å². The first-order valence-electron chi connectivity index (χ1n) is 5.68. The fourth-order valence-electron chi connectivity index (χ4n) is 1.53. The molecular formula is C14H15ClN2O. The van der Waals surface area contributed by atoms with Crippen LogP contribution in [0.3, 0.4) is 0 Å². The molecule has 0 saturated carbocycles. The van der Waals surface area contributed by atoms with Crippen molar-refractivity contribution in [2.75, 3.05) is 12.4 Å². The maximum Gasteiger partial charge on any atom is 0.127 e. The van der Waals surface area contributed by atoms with E-state index in [9.17, 15) is 0 Å². The van der Waals surface area contributed by atoms with Crippen molar-refractivity contribution in [2.45, 2.75) is 13.5 Å². The Labute approximate surface area is 112 Å². The number of aromatic nitrogens is 1. The number of hydrogen-bond acceptors (Lipinski definition) is 3. The van der Waals surface area contributed by atoms with E-state index in [1.807, 2.05) is 37.3 Å². The fourth-order valence-corrected chi connectivity index (χ4v) is 1.68. The van der Waals surface area contributed by atoms with Crippen LogP contribution in [0.1, 0.15) is 11.1 Å². The Hall–Kier alpha value is -1.74. The second-order valence-corrected chi connectivity index (χ2v) is 4.43. The first-order chi connectivity index (χ1) is 8.69. The van der Waals surface area contributed by atoms with Crippen molar-refractivity contribution >= 4 is 17.4 Å². The summed E-state index contributed by atoms with van der Waals surface area (Å²) in [6, 6.07) is 9.74. The van der Waals surface area contributed by atoms with Gasteiger partial charge in [-0.2, -0.15) is 0 Å². The summed E-state index contributed by atoms with van der Waals surface area (Å²) in [5.41, 5.74) is 2.14. The predicted octanol–water partition coefficient (Wildman–Crippen LogP) is 3.66. The number of hydrogen-bond donors (Lipinski definition) is 1. The number of pyridine rings is 1. The van der Waals surface area contributed by atoms with Crippen LogP contribution >= 0.6 is 11.6 Å². The molecule has 1 heterocycles. The van der Waals surface area contributed by atoms with Gasteiger partial charge in [-0.15, -0.1) is 0 Å². The second kappa shape index (κ2) is 5.74. The van der Waals surface area contributed by atoms with Crippen molar-refractivity contribution in [3.8, 4) is 5.75 Å². The van der Waals surface area contributed by atoms with Gasteiger partial charge in [-0.05, 0) is 36.2 Å². The molecule has 4 heteroatoms. The van der Waals surface area contributed by atoms with Gasteiger partial charge in [0, 0.05) is 17.8 Å². The lowest BCUT2D eigenvalue weighted by atomic mass is 10.2. The highest BCUT2D eigenvalue weighted by atomic mass is 35.5. The molecule has 94 valence electrons. The first-order valence-corrected chi connectivity index (χ1v) is 6.06. The lowest BCUT2D eigenvalue weighted by molar-refractivity contribution is 0.414. The van der Waals surface area contributed by atoms with Crippen LogP contribution in [0.4, 0.5) is 5.82 Å². The number of benzene rings is 1. The van der Waals surface area contributed by atoms with E-state index in [0.717, 1.165) is 27.7 Å². The third kappa shape index (κ3) is 3.14. The van der Waals surface area contributed by atoms with Gasteiger partial charge in [0.1, 0.15) is 11.6 Å². The smallest absolute Gasteiger partial charge is 0.127 e. The quantitative estimate of drug-likeness (QED) is 0.913. The second-order valence-electron chi connectivity index (χ2n) is 4.02. The first kappa shape index (κ1) is 12.7. The van der Waals surface area contributed by atoms with E-state index in [1.54, 1.807) is 13.3 Å². The minimum absolute atomic E-state index is 0.705. The van der Waals surface area contributed by atoms with Crippen LogP contribution in [0.5, 0.6) is 5.75 Å². The zero-order valence-electron chi connectivity index (χ0n) is 10.4. The third-order valence-corrected chi connectivity index (χ3v) is 3.08. The van der Waals surface area contributed by atoms with Crippen LogP contribution < -0.4 is 10.1 Å². The number of nitrogens with zero attached hydrogens (tertiary/aromatic N) is 1. The Morgan fingerprint density at radius 3 is 2.61 bits per heavy atom. The van der Waals surface area contributed by atoms with Gasteiger partial charge >= 0.3 is 0 Å². The predicted molar refractivity (Wildman–Crippen MR) is 74.3 cm³/mol. The van der Waals surface area contributed by atoms with Crippen LogP contribution in [0.15, 0.2) is 36.5 Å². The number of nitrogens with one attached hydrogen (secondary N) is 1. The fraction of sp³-hybridized carbons (Fsp3) is 0.214. The Morgan fingerprint density at radius 1 is 1.28 bits per heavy atom. The summed E-state index contributed by atoms with van der Waals surface area (Å²) in [7, 11) is 1.66. The molecule has 18 heavy (non-hydrogen) atoms. The Kier molecular flexibility index (Phi) is 4.05. The molecule has 2 aromatic rings. The molecule has 0 saturated heterocycles. The molecule has 2 rings (SSSR count). The zero-order valence-corrected chi connectivity index (χ0v) is 11.2. The summed E-state index contributed by atoms with van der Waals surface area (Å²) in [5.74, 6) is 1.64. The van der Waals surface area contributed by atoms with E-state index < -0.39 is 0 Å². The maximum absolute atomic E-state index is 6.04. The number of aryl methyl sites for hydroxylation is 1. The summed E-state index contributed by atoms with van der Waals surface area (Å²) < 4.78 is 5.11. The van der Waals surface area contributed by atoms with Crippen LogP contribution in [-0.4, -0.2) is 12.1 Å². The van der Waals surface area contributed by atoms with E-state index in [0.29, 0.717) is 6.54 Å². The summed E-state index contributed by atoms with van der Waals surface area (Å²) >= 11 is 6.04. The molecule has 0 spiro atoms. The monoisotopic (exact) mass is 262 g/mol. The Bertz CT molecular complexity index is 526. The third-order valence-electron chi connectivity index (χ3n) is 2.67. The number of ether oxygens (including phenoxy) is 1. The van der Waals surface area contributed by atoms with Crippen LogP contribution in [0.25, 0.3) is 0 Å². The van der Waals surface area contributed by atoms with Gasteiger partial charge in [0.2, 0.25) is 0 Å². The van der Waals surface area contributed by atoms with E-state index in [2.05, 4.69) is 10.3 Å². The van der Waals surface area contributed by atoms with Crippen LogP contribution in [-0.2, 0) is 6.54 Å². The summed E-state index contributed by atoms with van der Waals surface area (Å²) in [4.78, 5) is 4.27. The van der Waals surface area contributed by atoms with Crippen molar-refractivity contribution in [1.29, 1.82) is 0 Å². The molecule has 0 aliphatic heterocycles. The zero-order chi connectivity index (χ0) is 13.0. The van der Waals surface area contributed by atoms with E-state index >= 15 is 0 Å². The molecule has 0 aliphatic rings. The summed E-state index contributed by atoms with van der Waals surface area (Å²) in [6.45, 7) is 2.64. The lowest BCUT2D eigenvalue weighted by Crippen LogP contribution is -2.01. The maximum atomic E-state index is 6.04. The van der Waals surface area contributed by atoms with E-state index in [4.69, 9.17) is 16.3 Å². The molecule has 0 fully saturated rings. The minimum Gasteiger partial charge on any atom is -0.497 e. The summed E-state index contributed by atoms with van der Waals surface area (Å²) in [5, 5.41) is 3.95. The van der Waals surface area contributed by atoms with Gasteiger partial charge in [-0.3, -0.25) is 0 Å². The van der Waals surface area contributed by atoms with Gasteiger partial charge in [0.05, 0.1) is 7.11 Å². The molecule has 0 radical (unpaired) electrons. The van der Waals surface area contributed by atoms with Crippen LogP contribution in [0.2, 0.25) is 5.02 Å². The van der Waals surface area contributed by atoms with E-state index in [-0.39, 0.29) is 0 Å². The number of halogens is 1. The average Bonchev–Trinajstić information content (AvgIpc) is 2.41. The van der Waals surface area contributed by atoms with Crippen molar-refractivity contribution in [1.82, 2.24) is 4.98 Å². The number of anilines is 1. The molecule has 0 aliphatic carbocycles. The molecule has 0 atom stereocenters. The van der Waals surface area contributed by atoms with Gasteiger partial charge in [-0.25, -0.2) is 4.98 Å². The van der Waals surface area contributed by atoms with Gasteiger partial charge < -0.3 is 10.1 Å². The summed E-state index contributed by atoms with van der Waals surface area (Å²) in [6.07, 6.45) is 1.76. The molecule has 1 aromatic carbocycles. The molecule has 0 bridgehead atoms. The largest absolute Gasteiger partial charge is 0.497 e. The number of rotatable bonds is 4. The SMILES string of the molecule is COc1ccc(CNc2cc(Cl)c(C)cn2)cc1. The normalized spacial score (nSPS) is 10.2. The standard InChI is InChI=1S/C14H15ClN2O/c1-10-8-16-14(7-13(10)15)17-9-11-3-5-12(18-2)6-4-11/h3-8H,9H2,1-2H3,(H,16,17). The molecular weight excluding hydrogens is 248 g/mol. The Balaban J connectivity index is 1.99. The Morgan fingerprint density at radius 2 is 2.00 bits per heavy atom. The van der Waals surface area contributed by atoms with Crippen LogP contribution in [0, 0.1) is 6.92 Å². The minimum atomic E-state index is 0.705. The van der Waals surface area contributed by atoms with Crippen molar-refractivity contribution in [2.24, 2.45) is 0 Å². The highest BCUT2D eigenvalue weighted by molar-refractivity contribution is 6.31. The highest BCUT2D eigenvalue weighted by Crippen LogP contribution is 2.18. The van der Waals surface area contributed by atoms with E-state index in [1.165, 1.54) is 0 Å². The van der Waals surface area contributed by atoms with Crippen molar-refractivity contribution in [3.63, 3.8) is 0 Å².